The van der Waals surface area contributed by atoms with Crippen molar-refractivity contribution in [1.82, 2.24) is 4.57 Å². The van der Waals surface area contributed by atoms with Crippen LogP contribution >= 0.6 is 0 Å². The van der Waals surface area contributed by atoms with E-state index in [9.17, 15) is 0 Å². The number of benzene rings is 6. The number of para-hydroxylation sites is 1. The number of aryl methyl sites for hydroxylation is 1. The maximum absolute atomic E-state index is 3.54. The van der Waals surface area contributed by atoms with Crippen LogP contribution in [-0.4, -0.2) is 4.57 Å². The van der Waals surface area contributed by atoms with Gasteiger partial charge >= 0.3 is 0 Å². The first-order valence-corrected chi connectivity index (χ1v) is 13.4. The smallest absolute Gasteiger partial charge is 0.0541 e. The largest absolute Gasteiger partial charge is 0.356 e. The first kappa shape index (κ1) is 23.1. The molecule has 0 radical (unpaired) electrons. The fraction of sp³-hybridized carbons (Fsp3) is 0.0270. The van der Waals surface area contributed by atoms with Gasteiger partial charge in [-0.3, -0.25) is 0 Å². The van der Waals surface area contributed by atoms with E-state index in [1.165, 1.54) is 55.3 Å². The number of anilines is 2. The zero-order valence-electron chi connectivity index (χ0n) is 21.8. The molecule has 0 bridgehead atoms. The first-order valence-electron chi connectivity index (χ1n) is 13.4. The third-order valence-corrected chi connectivity index (χ3v) is 7.43. The second-order valence-corrected chi connectivity index (χ2v) is 10.1. The number of hydrogen-bond donors (Lipinski definition) is 1. The second-order valence-electron chi connectivity index (χ2n) is 10.1. The van der Waals surface area contributed by atoms with Gasteiger partial charge in [-0.25, -0.2) is 0 Å². The van der Waals surface area contributed by atoms with Gasteiger partial charge in [0, 0.05) is 27.8 Å². The molecule has 0 saturated carbocycles. The minimum atomic E-state index is 1.07. The lowest BCUT2D eigenvalue weighted by molar-refractivity contribution is 1.18. The number of aromatic nitrogens is 1. The lowest BCUT2D eigenvalue weighted by atomic mass is 10.0. The van der Waals surface area contributed by atoms with Gasteiger partial charge in [0.1, 0.15) is 0 Å². The summed E-state index contributed by atoms with van der Waals surface area (Å²) in [5.41, 5.74) is 11.9. The van der Waals surface area contributed by atoms with Gasteiger partial charge in [0.25, 0.3) is 0 Å². The fourth-order valence-corrected chi connectivity index (χ4v) is 5.46. The van der Waals surface area contributed by atoms with Gasteiger partial charge in [-0.15, -0.1) is 0 Å². The third-order valence-electron chi connectivity index (χ3n) is 7.43. The van der Waals surface area contributed by atoms with Crippen LogP contribution in [0, 0.1) is 6.92 Å². The van der Waals surface area contributed by atoms with Crippen molar-refractivity contribution in [3.63, 3.8) is 0 Å². The van der Waals surface area contributed by atoms with E-state index < -0.39 is 0 Å². The summed E-state index contributed by atoms with van der Waals surface area (Å²) in [6, 6.07) is 51.9. The van der Waals surface area contributed by atoms with E-state index in [0.29, 0.717) is 0 Å². The minimum Gasteiger partial charge on any atom is -0.356 e. The highest BCUT2D eigenvalue weighted by molar-refractivity contribution is 6.10. The molecule has 0 aliphatic rings. The maximum Gasteiger partial charge on any atom is 0.0541 e. The van der Waals surface area contributed by atoms with Crippen LogP contribution in [0.25, 0.3) is 49.7 Å². The third kappa shape index (κ3) is 4.36. The van der Waals surface area contributed by atoms with Crippen LogP contribution in [-0.2, 0) is 0 Å². The Morgan fingerprint density at radius 1 is 0.436 bits per heavy atom. The molecule has 0 unspecified atom stereocenters. The lowest BCUT2D eigenvalue weighted by Crippen LogP contribution is -1.93. The lowest BCUT2D eigenvalue weighted by Gasteiger charge is -2.10. The van der Waals surface area contributed by atoms with E-state index in [4.69, 9.17) is 0 Å². The van der Waals surface area contributed by atoms with Crippen molar-refractivity contribution < 1.29 is 0 Å². The molecule has 7 aromatic rings. The quantitative estimate of drug-likeness (QED) is 0.249. The Morgan fingerprint density at radius 3 is 1.56 bits per heavy atom. The molecule has 2 heteroatoms. The normalized spacial score (nSPS) is 11.2. The SMILES string of the molecule is Cc1ccc2c(c1)c1cc(-c3ccc(Nc4ccc(-c5ccccc5)cc4)cc3)ccc1n2-c1ccccc1. The fourth-order valence-electron chi connectivity index (χ4n) is 5.46. The standard InChI is InChI=1S/C37H28N2/c1-26-12-22-36-34(24-26)35-25-30(17-23-37(35)39(36)33-10-6-3-7-11-33)29-15-20-32(21-16-29)38-31-18-13-28(14-19-31)27-8-4-2-5-9-27/h2-25,38H,1H3. The van der Waals surface area contributed by atoms with Crippen LogP contribution in [0.2, 0.25) is 0 Å². The van der Waals surface area contributed by atoms with Gasteiger partial charge in [0.15, 0.2) is 0 Å². The Labute approximate surface area is 228 Å². The number of fused-ring (bicyclic) bond motifs is 3. The van der Waals surface area contributed by atoms with Gasteiger partial charge in [0.05, 0.1) is 11.0 Å². The molecule has 39 heavy (non-hydrogen) atoms. The predicted molar refractivity (Wildman–Crippen MR) is 166 cm³/mol. The van der Waals surface area contributed by atoms with Gasteiger partial charge in [-0.05, 0) is 89.8 Å². The summed E-state index contributed by atoms with van der Waals surface area (Å²) in [4.78, 5) is 0. The van der Waals surface area contributed by atoms with E-state index in [2.05, 4.69) is 156 Å². The number of nitrogens with one attached hydrogen (secondary N) is 1. The van der Waals surface area contributed by atoms with Crippen molar-refractivity contribution in [2.24, 2.45) is 0 Å². The predicted octanol–water partition coefficient (Wildman–Crippen LogP) is 10.2. The molecule has 1 aromatic heterocycles. The molecule has 1 N–H and O–H groups in total. The van der Waals surface area contributed by atoms with Crippen LogP contribution in [0.4, 0.5) is 11.4 Å². The minimum absolute atomic E-state index is 1.07. The summed E-state index contributed by atoms with van der Waals surface area (Å²) < 4.78 is 2.37. The van der Waals surface area contributed by atoms with Gasteiger partial charge in [0.2, 0.25) is 0 Å². The summed E-state index contributed by atoms with van der Waals surface area (Å²) in [6.45, 7) is 2.16. The van der Waals surface area contributed by atoms with Crippen LogP contribution in [0.5, 0.6) is 0 Å². The zero-order chi connectivity index (χ0) is 26.2. The summed E-state index contributed by atoms with van der Waals surface area (Å²) in [5, 5.41) is 6.10. The molecule has 7 rings (SSSR count). The first-order chi connectivity index (χ1) is 19.2. The molecule has 0 aliphatic carbocycles. The molecule has 1 heterocycles. The Hall–Kier alpha value is -5.08. The highest BCUT2D eigenvalue weighted by atomic mass is 15.0. The molecule has 6 aromatic carbocycles. The van der Waals surface area contributed by atoms with Crippen molar-refractivity contribution >= 4 is 33.2 Å². The molecule has 0 aliphatic heterocycles. The monoisotopic (exact) mass is 500 g/mol. The second kappa shape index (κ2) is 9.66. The number of rotatable bonds is 5. The van der Waals surface area contributed by atoms with Crippen molar-refractivity contribution in [2.75, 3.05) is 5.32 Å². The average molecular weight is 501 g/mol. The summed E-state index contributed by atoms with van der Waals surface area (Å²) in [6.07, 6.45) is 0. The molecule has 0 atom stereocenters. The van der Waals surface area contributed by atoms with Crippen LogP contribution in [0.1, 0.15) is 5.56 Å². The van der Waals surface area contributed by atoms with E-state index in [0.717, 1.165) is 11.4 Å². The Morgan fingerprint density at radius 2 is 0.923 bits per heavy atom. The average Bonchev–Trinajstić information content (AvgIpc) is 3.32. The summed E-state index contributed by atoms with van der Waals surface area (Å²) >= 11 is 0. The molecular weight excluding hydrogens is 472 g/mol. The Kier molecular flexibility index (Phi) is 5.71. The zero-order valence-corrected chi connectivity index (χ0v) is 21.8. The van der Waals surface area contributed by atoms with Gasteiger partial charge < -0.3 is 9.88 Å². The molecular formula is C37H28N2. The Balaban J connectivity index is 1.20. The van der Waals surface area contributed by atoms with E-state index in [1.54, 1.807) is 0 Å². The molecule has 0 spiro atoms. The van der Waals surface area contributed by atoms with Crippen molar-refractivity contribution in [1.29, 1.82) is 0 Å². The molecule has 0 saturated heterocycles. The van der Waals surface area contributed by atoms with Crippen LogP contribution in [0.15, 0.2) is 146 Å². The van der Waals surface area contributed by atoms with E-state index in [1.807, 2.05) is 6.07 Å². The summed E-state index contributed by atoms with van der Waals surface area (Å²) in [5.74, 6) is 0. The topological polar surface area (TPSA) is 17.0 Å². The van der Waals surface area contributed by atoms with Crippen LogP contribution < -0.4 is 5.32 Å². The Bertz CT molecular complexity index is 1900. The molecule has 0 amide bonds. The van der Waals surface area contributed by atoms with Crippen molar-refractivity contribution in [2.45, 2.75) is 6.92 Å². The highest BCUT2D eigenvalue weighted by Gasteiger charge is 2.13. The van der Waals surface area contributed by atoms with Gasteiger partial charge in [-0.2, -0.15) is 0 Å². The van der Waals surface area contributed by atoms with Crippen LogP contribution in [0.3, 0.4) is 0 Å². The maximum atomic E-state index is 3.54. The van der Waals surface area contributed by atoms with Crippen molar-refractivity contribution in [3.05, 3.63) is 151 Å². The summed E-state index contributed by atoms with van der Waals surface area (Å²) in [7, 11) is 0. The molecule has 2 nitrogen and oxygen atoms in total. The van der Waals surface area contributed by atoms with Gasteiger partial charge in [-0.1, -0.05) is 90.5 Å². The number of hydrogen-bond acceptors (Lipinski definition) is 1. The van der Waals surface area contributed by atoms with E-state index in [-0.39, 0.29) is 0 Å². The number of nitrogens with zero attached hydrogens (tertiary/aromatic N) is 1. The molecule has 186 valence electrons. The van der Waals surface area contributed by atoms with Crippen molar-refractivity contribution in [3.8, 4) is 27.9 Å². The molecule has 0 fully saturated rings. The highest BCUT2D eigenvalue weighted by Crippen LogP contribution is 2.35. The van der Waals surface area contributed by atoms with E-state index >= 15 is 0 Å².